The van der Waals surface area contributed by atoms with E-state index in [2.05, 4.69) is 4.98 Å². The lowest BCUT2D eigenvalue weighted by molar-refractivity contribution is 0.428. The number of hydrogen-bond acceptors (Lipinski definition) is 3. The van der Waals surface area contributed by atoms with Gasteiger partial charge in [0.15, 0.2) is 11.6 Å². The Bertz CT molecular complexity index is 732. The van der Waals surface area contributed by atoms with Crippen molar-refractivity contribution in [3.63, 3.8) is 0 Å². The molecule has 3 nitrogen and oxygen atoms in total. The van der Waals surface area contributed by atoms with Crippen LogP contribution in [0.3, 0.4) is 0 Å². The van der Waals surface area contributed by atoms with Crippen LogP contribution in [0.2, 0.25) is 0 Å². The lowest BCUT2D eigenvalue weighted by Crippen LogP contribution is -1.77. The Morgan fingerprint density at radius 1 is 0.900 bits per heavy atom. The first kappa shape index (κ1) is 13.7. The van der Waals surface area contributed by atoms with Crippen LogP contribution in [0.4, 0.5) is 8.78 Å². The third kappa shape index (κ3) is 3.41. The fourth-order valence-electron chi connectivity index (χ4n) is 1.54. The molecule has 0 fully saturated rings. The van der Waals surface area contributed by atoms with E-state index in [1.807, 2.05) is 12.1 Å². The van der Waals surface area contributed by atoms with E-state index in [4.69, 9.17) is 10.2 Å². The average molecular weight is 275 g/mol. The van der Waals surface area contributed by atoms with E-state index in [9.17, 15) is 8.78 Å². The molecule has 0 unspecified atom stereocenters. The monoisotopic (exact) mass is 275 g/mol. The number of phenols is 2. The van der Waals surface area contributed by atoms with Gasteiger partial charge in [-0.1, -0.05) is 6.07 Å². The molecule has 0 radical (unpaired) electrons. The Morgan fingerprint density at radius 3 is 2.40 bits per heavy atom. The quantitative estimate of drug-likeness (QED) is 0.659. The largest absolute Gasteiger partial charge is 0.508 e. The normalized spacial score (nSPS) is 9.90. The second kappa shape index (κ2) is 5.97. The van der Waals surface area contributed by atoms with Gasteiger partial charge in [-0.2, -0.15) is 0 Å². The van der Waals surface area contributed by atoms with Crippen LogP contribution in [0.5, 0.6) is 11.5 Å². The fourth-order valence-corrected chi connectivity index (χ4v) is 1.54. The van der Waals surface area contributed by atoms with Gasteiger partial charge in [-0.25, -0.2) is 8.78 Å². The zero-order valence-electron chi connectivity index (χ0n) is 10.3. The highest BCUT2D eigenvalue weighted by atomic mass is 19.1. The van der Waals surface area contributed by atoms with E-state index in [-0.39, 0.29) is 5.75 Å². The van der Waals surface area contributed by atoms with Crippen LogP contribution in [0.1, 0.15) is 0 Å². The first-order chi connectivity index (χ1) is 9.56. The molecular formula is C15H11F2NO2. The minimum atomic E-state index is -0.935. The van der Waals surface area contributed by atoms with Crippen LogP contribution >= 0.6 is 0 Å². The van der Waals surface area contributed by atoms with Gasteiger partial charge in [0.05, 0.1) is 5.52 Å². The second-order valence-electron chi connectivity index (χ2n) is 3.98. The maximum absolute atomic E-state index is 12.1. The number of aromatic hydroxyl groups is 2. The number of rotatable bonds is 0. The molecule has 0 atom stereocenters. The predicted octanol–water partition coefficient (Wildman–Crippen LogP) is 3.61. The molecule has 1 aromatic heterocycles. The number of benzene rings is 2. The highest BCUT2D eigenvalue weighted by molar-refractivity contribution is 5.79. The summed E-state index contributed by atoms with van der Waals surface area (Å²) in [7, 11) is 0. The van der Waals surface area contributed by atoms with Crippen LogP contribution in [-0.2, 0) is 0 Å². The summed E-state index contributed by atoms with van der Waals surface area (Å²) in [6.07, 6.45) is 1.74. The van der Waals surface area contributed by atoms with Crippen molar-refractivity contribution in [3.8, 4) is 11.5 Å². The van der Waals surface area contributed by atoms with Gasteiger partial charge < -0.3 is 10.2 Å². The third-order valence-corrected chi connectivity index (χ3v) is 2.50. The van der Waals surface area contributed by atoms with Gasteiger partial charge in [0.2, 0.25) is 0 Å². The summed E-state index contributed by atoms with van der Waals surface area (Å²) in [5.41, 5.74) is 0.908. The molecule has 0 amide bonds. The zero-order valence-corrected chi connectivity index (χ0v) is 10.3. The van der Waals surface area contributed by atoms with Crippen LogP contribution in [-0.4, -0.2) is 15.2 Å². The highest BCUT2D eigenvalue weighted by Gasteiger charge is 1.98. The van der Waals surface area contributed by atoms with E-state index in [0.29, 0.717) is 6.07 Å². The topological polar surface area (TPSA) is 53.4 Å². The average Bonchev–Trinajstić information content (AvgIpc) is 2.44. The molecule has 0 aliphatic carbocycles. The van der Waals surface area contributed by atoms with Crippen molar-refractivity contribution in [2.24, 2.45) is 0 Å². The summed E-state index contributed by atoms with van der Waals surface area (Å²) >= 11 is 0. The van der Waals surface area contributed by atoms with E-state index in [1.54, 1.807) is 24.4 Å². The maximum Gasteiger partial charge on any atom is 0.167 e. The lowest BCUT2D eigenvalue weighted by Gasteiger charge is -1.95. The predicted molar refractivity (Wildman–Crippen MR) is 71.4 cm³/mol. The van der Waals surface area contributed by atoms with Crippen LogP contribution in [0.25, 0.3) is 10.9 Å². The van der Waals surface area contributed by atoms with Crippen molar-refractivity contribution < 1.29 is 19.0 Å². The van der Waals surface area contributed by atoms with E-state index in [0.717, 1.165) is 23.0 Å². The summed E-state index contributed by atoms with van der Waals surface area (Å²) in [4.78, 5) is 4.11. The fraction of sp³-hybridized carbons (Fsp3) is 0. The number of nitrogens with zero attached hydrogens (tertiary/aromatic N) is 1. The van der Waals surface area contributed by atoms with Gasteiger partial charge in [0, 0.05) is 17.6 Å². The molecule has 3 rings (SSSR count). The van der Waals surface area contributed by atoms with E-state index >= 15 is 0 Å². The second-order valence-corrected chi connectivity index (χ2v) is 3.98. The summed E-state index contributed by atoms with van der Waals surface area (Å²) in [6.45, 7) is 0. The highest BCUT2D eigenvalue weighted by Crippen LogP contribution is 2.16. The van der Waals surface area contributed by atoms with Crippen molar-refractivity contribution in [1.29, 1.82) is 0 Å². The Labute approximate surface area is 113 Å². The molecule has 5 heteroatoms. The number of pyridine rings is 1. The first-order valence-corrected chi connectivity index (χ1v) is 5.74. The Hall–Kier alpha value is -2.69. The molecule has 0 saturated heterocycles. The number of aromatic nitrogens is 1. The molecule has 2 aromatic carbocycles. The first-order valence-electron chi connectivity index (χ1n) is 5.74. The Kier molecular flexibility index (Phi) is 4.10. The minimum Gasteiger partial charge on any atom is -0.508 e. The summed E-state index contributed by atoms with van der Waals surface area (Å²) < 4.78 is 24.1. The van der Waals surface area contributed by atoms with Crippen LogP contribution in [0.15, 0.2) is 54.7 Å². The van der Waals surface area contributed by atoms with Crippen molar-refractivity contribution in [2.75, 3.05) is 0 Å². The molecule has 0 saturated carbocycles. The number of fused-ring (bicyclic) bond motifs is 1. The third-order valence-electron chi connectivity index (χ3n) is 2.50. The molecule has 0 bridgehead atoms. The van der Waals surface area contributed by atoms with Gasteiger partial charge in [0.1, 0.15) is 11.6 Å². The van der Waals surface area contributed by atoms with Gasteiger partial charge >= 0.3 is 0 Å². The van der Waals surface area contributed by atoms with Crippen molar-refractivity contribution >= 4 is 10.9 Å². The smallest absolute Gasteiger partial charge is 0.167 e. The standard InChI is InChI=1S/C9H7NO.C6H4F2O/c11-8-3-4-9-7(6-8)2-1-5-10-9;7-4-1-2-6(9)5(8)3-4/h1-6,11H;1-3,9H. The molecular weight excluding hydrogens is 264 g/mol. The van der Waals surface area contributed by atoms with Gasteiger partial charge in [-0.15, -0.1) is 0 Å². The lowest BCUT2D eigenvalue weighted by atomic mass is 10.2. The molecule has 20 heavy (non-hydrogen) atoms. The molecule has 2 N–H and O–H groups in total. The molecule has 0 aliphatic rings. The Balaban J connectivity index is 0.000000151. The van der Waals surface area contributed by atoms with Crippen LogP contribution in [0, 0.1) is 11.6 Å². The van der Waals surface area contributed by atoms with Crippen molar-refractivity contribution in [3.05, 3.63) is 66.4 Å². The van der Waals surface area contributed by atoms with Crippen LogP contribution < -0.4 is 0 Å². The minimum absolute atomic E-state index is 0.283. The van der Waals surface area contributed by atoms with Gasteiger partial charge in [0.25, 0.3) is 0 Å². The molecule has 0 aliphatic heterocycles. The maximum atomic E-state index is 12.1. The molecule has 0 spiro atoms. The van der Waals surface area contributed by atoms with Crippen molar-refractivity contribution in [1.82, 2.24) is 4.98 Å². The van der Waals surface area contributed by atoms with E-state index in [1.165, 1.54) is 0 Å². The van der Waals surface area contributed by atoms with E-state index < -0.39 is 17.4 Å². The van der Waals surface area contributed by atoms with Gasteiger partial charge in [-0.05, 0) is 36.4 Å². The van der Waals surface area contributed by atoms with Gasteiger partial charge in [-0.3, -0.25) is 4.98 Å². The molecule has 1 heterocycles. The number of halogens is 2. The SMILES string of the molecule is Oc1ccc(F)cc1F.Oc1ccc2ncccc2c1. The summed E-state index contributed by atoms with van der Waals surface area (Å²) in [6, 6.07) is 11.5. The zero-order chi connectivity index (χ0) is 14.5. The Morgan fingerprint density at radius 2 is 1.70 bits per heavy atom. The number of phenolic OH excluding ortho intramolecular Hbond substituents is 2. The summed E-state index contributed by atoms with van der Waals surface area (Å²) in [5, 5.41) is 18.6. The molecule has 102 valence electrons. The summed E-state index contributed by atoms with van der Waals surface area (Å²) in [5.74, 6) is -1.87. The number of hydrogen-bond donors (Lipinski definition) is 2. The van der Waals surface area contributed by atoms with Crippen molar-refractivity contribution in [2.45, 2.75) is 0 Å². The molecule has 3 aromatic rings.